The third-order valence-electron chi connectivity index (χ3n) is 4.45. The Morgan fingerprint density at radius 1 is 1.05 bits per heavy atom. The van der Waals surface area contributed by atoms with Crippen LogP contribution in [-0.4, -0.2) is 12.6 Å². The fourth-order valence-corrected chi connectivity index (χ4v) is 3.31. The first-order chi connectivity index (χ1) is 9.25. The molecule has 2 rings (SSSR count). The molecule has 1 aliphatic rings. The summed E-state index contributed by atoms with van der Waals surface area (Å²) in [5.74, 6) is 1.74. The highest BCUT2D eigenvalue weighted by Crippen LogP contribution is 2.31. The standard InChI is InChI=1S/C18H29N/c1-15(2)19-14-18(17-11-7-4-8-12-17)13-16-9-5-3-6-10-16/h3,5-6,9-10,15,17-19H,4,7-8,11-14H2,1-2H3. The second-order valence-electron chi connectivity index (χ2n) is 6.41. The quantitative estimate of drug-likeness (QED) is 0.797. The highest BCUT2D eigenvalue weighted by Gasteiger charge is 2.23. The monoisotopic (exact) mass is 259 g/mol. The van der Waals surface area contributed by atoms with Crippen molar-refractivity contribution < 1.29 is 0 Å². The minimum atomic E-state index is 0.599. The van der Waals surface area contributed by atoms with Gasteiger partial charge in [-0.05, 0) is 30.4 Å². The summed E-state index contributed by atoms with van der Waals surface area (Å²) in [6, 6.07) is 11.6. The third-order valence-corrected chi connectivity index (χ3v) is 4.45. The number of rotatable bonds is 6. The molecule has 1 nitrogen and oxygen atoms in total. The smallest absolute Gasteiger partial charge is 0.00104 e. The van der Waals surface area contributed by atoms with Crippen molar-refractivity contribution in [2.45, 2.75) is 58.4 Å². The van der Waals surface area contributed by atoms with Gasteiger partial charge in [0.05, 0.1) is 0 Å². The summed E-state index contributed by atoms with van der Waals surface area (Å²) in [5.41, 5.74) is 1.50. The molecule has 1 fully saturated rings. The van der Waals surface area contributed by atoms with Gasteiger partial charge in [-0.1, -0.05) is 76.3 Å². The lowest BCUT2D eigenvalue weighted by molar-refractivity contribution is 0.236. The number of hydrogen-bond acceptors (Lipinski definition) is 1. The van der Waals surface area contributed by atoms with Gasteiger partial charge in [0.15, 0.2) is 0 Å². The van der Waals surface area contributed by atoms with Gasteiger partial charge in [-0.25, -0.2) is 0 Å². The summed E-state index contributed by atoms with van der Waals surface area (Å²) in [7, 11) is 0. The van der Waals surface area contributed by atoms with Crippen LogP contribution in [0.2, 0.25) is 0 Å². The summed E-state index contributed by atoms with van der Waals surface area (Å²) >= 11 is 0. The van der Waals surface area contributed by atoms with Gasteiger partial charge in [0.2, 0.25) is 0 Å². The van der Waals surface area contributed by atoms with Crippen molar-refractivity contribution in [2.24, 2.45) is 11.8 Å². The first kappa shape index (κ1) is 14.6. The molecule has 0 spiro atoms. The highest BCUT2D eigenvalue weighted by molar-refractivity contribution is 5.15. The van der Waals surface area contributed by atoms with E-state index in [-0.39, 0.29) is 0 Å². The predicted octanol–water partition coefficient (Wildman–Crippen LogP) is 4.42. The summed E-state index contributed by atoms with van der Waals surface area (Å²) < 4.78 is 0. The molecule has 106 valence electrons. The largest absolute Gasteiger partial charge is 0.314 e. The molecule has 0 aromatic heterocycles. The average molecular weight is 259 g/mol. The predicted molar refractivity (Wildman–Crippen MR) is 83.3 cm³/mol. The van der Waals surface area contributed by atoms with E-state index in [1.165, 1.54) is 50.6 Å². The van der Waals surface area contributed by atoms with E-state index in [1.807, 2.05) is 0 Å². The van der Waals surface area contributed by atoms with Gasteiger partial charge < -0.3 is 5.32 Å². The van der Waals surface area contributed by atoms with Crippen LogP contribution in [0.5, 0.6) is 0 Å². The van der Waals surface area contributed by atoms with Crippen LogP contribution in [0, 0.1) is 11.8 Å². The number of hydrogen-bond donors (Lipinski definition) is 1. The zero-order chi connectivity index (χ0) is 13.5. The Kier molecular flexibility index (Phi) is 5.91. The van der Waals surface area contributed by atoms with Crippen molar-refractivity contribution in [3.8, 4) is 0 Å². The zero-order valence-corrected chi connectivity index (χ0v) is 12.6. The fourth-order valence-electron chi connectivity index (χ4n) is 3.31. The van der Waals surface area contributed by atoms with Gasteiger partial charge in [0.25, 0.3) is 0 Å². The molecule has 0 amide bonds. The molecule has 1 unspecified atom stereocenters. The Hall–Kier alpha value is -0.820. The van der Waals surface area contributed by atoms with Crippen molar-refractivity contribution in [3.63, 3.8) is 0 Å². The summed E-state index contributed by atoms with van der Waals surface area (Å²) in [5, 5.41) is 3.66. The lowest BCUT2D eigenvalue weighted by atomic mass is 9.77. The Balaban J connectivity index is 1.96. The van der Waals surface area contributed by atoms with Crippen molar-refractivity contribution in [1.29, 1.82) is 0 Å². The molecule has 1 N–H and O–H groups in total. The first-order valence-corrected chi connectivity index (χ1v) is 8.03. The van der Waals surface area contributed by atoms with Gasteiger partial charge >= 0.3 is 0 Å². The van der Waals surface area contributed by atoms with Gasteiger partial charge in [-0.15, -0.1) is 0 Å². The lowest BCUT2D eigenvalue weighted by Gasteiger charge is -2.31. The summed E-state index contributed by atoms with van der Waals surface area (Å²) in [6.07, 6.45) is 8.46. The molecule has 1 aromatic carbocycles. The Bertz CT molecular complexity index is 338. The Morgan fingerprint density at radius 3 is 2.37 bits per heavy atom. The van der Waals surface area contributed by atoms with Crippen molar-refractivity contribution in [1.82, 2.24) is 5.32 Å². The molecule has 1 aromatic rings. The second-order valence-corrected chi connectivity index (χ2v) is 6.41. The van der Waals surface area contributed by atoms with Crippen LogP contribution in [0.15, 0.2) is 30.3 Å². The van der Waals surface area contributed by atoms with Crippen LogP contribution in [0.3, 0.4) is 0 Å². The van der Waals surface area contributed by atoms with Crippen LogP contribution in [0.1, 0.15) is 51.5 Å². The third kappa shape index (κ3) is 4.99. The molecular weight excluding hydrogens is 230 g/mol. The molecule has 19 heavy (non-hydrogen) atoms. The van der Waals surface area contributed by atoms with Crippen LogP contribution in [0.25, 0.3) is 0 Å². The molecule has 0 radical (unpaired) electrons. The molecule has 0 aliphatic heterocycles. The highest BCUT2D eigenvalue weighted by atomic mass is 14.9. The van der Waals surface area contributed by atoms with Crippen LogP contribution in [-0.2, 0) is 6.42 Å². The second kappa shape index (κ2) is 7.69. The maximum atomic E-state index is 3.66. The van der Waals surface area contributed by atoms with E-state index in [4.69, 9.17) is 0 Å². The molecule has 0 heterocycles. The van der Waals surface area contributed by atoms with E-state index in [0.717, 1.165) is 11.8 Å². The molecule has 1 aliphatic carbocycles. The van der Waals surface area contributed by atoms with Crippen molar-refractivity contribution in [3.05, 3.63) is 35.9 Å². The van der Waals surface area contributed by atoms with Crippen molar-refractivity contribution >= 4 is 0 Å². The summed E-state index contributed by atoms with van der Waals surface area (Å²) in [4.78, 5) is 0. The summed E-state index contributed by atoms with van der Waals surface area (Å²) in [6.45, 7) is 5.68. The van der Waals surface area contributed by atoms with E-state index in [9.17, 15) is 0 Å². The minimum absolute atomic E-state index is 0.599. The van der Waals surface area contributed by atoms with E-state index in [1.54, 1.807) is 0 Å². The zero-order valence-electron chi connectivity index (χ0n) is 12.6. The van der Waals surface area contributed by atoms with Crippen LogP contribution >= 0.6 is 0 Å². The molecule has 1 heteroatoms. The van der Waals surface area contributed by atoms with Gasteiger partial charge in [-0.3, -0.25) is 0 Å². The van der Waals surface area contributed by atoms with Gasteiger partial charge in [-0.2, -0.15) is 0 Å². The molecule has 0 saturated heterocycles. The van der Waals surface area contributed by atoms with Crippen molar-refractivity contribution in [2.75, 3.05) is 6.54 Å². The average Bonchev–Trinajstić information content (AvgIpc) is 2.45. The molecule has 1 saturated carbocycles. The maximum Gasteiger partial charge on any atom is 0.00104 e. The molecule has 1 atom stereocenters. The van der Waals surface area contributed by atoms with Crippen LogP contribution in [0.4, 0.5) is 0 Å². The van der Waals surface area contributed by atoms with E-state index in [2.05, 4.69) is 49.5 Å². The minimum Gasteiger partial charge on any atom is -0.314 e. The normalized spacial score (nSPS) is 18.7. The molecular formula is C18H29N. The SMILES string of the molecule is CC(C)NCC(Cc1ccccc1)C1CCCCC1. The van der Waals surface area contributed by atoms with Crippen LogP contribution < -0.4 is 5.32 Å². The fraction of sp³-hybridized carbons (Fsp3) is 0.667. The number of nitrogens with one attached hydrogen (secondary N) is 1. The lowest BCUT2D eigenvalue weighted by Crippen LogP contribution is -2.34. The van der Waals surface area contributed by atoms with E-state index >= 15 is 0 Å². The Labute approximate surface area is 118 Å². The van der Waals surface area contributed by atoms with Gasteiger partial charge in [0, 0.05) is 6.04 Å². The molecule has 0 bridgehead atoms. The van der Waals surface area contributed by atoms with E-state index in [0.29, 0.717) is 6.04 Å². The van der Waals surface area contributed by atoms with Gasteiger partial charge in [0.1, 0.15) is 0 Å². The topological polar surface area (TPSA) is 12.0 Å². The maximum absolute atomic E-state index is 3.66. The number of benzene rings is 1. The Morgan fingerprint density at radius 2 is 1.74 bits per heavy atom. The first-order valence-electron chi connectivity index (χ1n) is 8.03. The van der Waals surface area contributed by atoms with E-state index < -0.39 is 0 Å².